The minimum Gasteiger partial charge on any atom is -0.380 e. The molecule has 0 bridgehead atoms. The molecule has 1 unspecified atom stereocenters. The van der Waals surface area contributed by atoms with Crippen LogP contribution in [0.3, 0.4) is 0 Å². The Labute approximate surface area is 222 Å². The van der Waals surface area contributed by atoms with E-state index in [2.05, 4.69) is 5.32 Å². The van der Waals surface area contributed by atoms with E-state index in [1.54, 1.807) is 24.3 Å². The number of hydrogen-bond donors (Lipinski definition) is 3. The zero-order chi connectivity index (χ0) is 25.8. The van der Waals surface area contributed by atoms with Gasteiger partial charge in [0.1, 0.15) is 5.82 Å². The van der Waals surface area contributed by atoms with Gasteiger partial charge in [0.2, 0.25) is 0 Å². The van der Waals surface area contributed by atoms with Crippen molar-refractivity contribution < 1.29 is 24.2 Å². The van der Waals surface area contributed by atoms with Crippen LogP contribution in [0.2, 0.25) is 10.0 Å². The van der Waals surface area contributed by atoms with Gasteiger partial charge in [0.15, 0.2) is 12.2 Å². The number of aliphatic hydroxyl groups excluding tert-OH is 2. The SMILES string of the molecule is O=C(NCc1cc(Cc2ccc(F)cc2Cl)cs1)[C@H](O)[C@@H](O)C(=O)N1CCCC1c1cccc(Cl)c1. The molecule has 10 heteroatoms. The van der Waals surface area contributed by atoms with Crippen LogP contribution in [-0.2, 0) is 22.6 Å². The summed E-state index contributed by atoms with van der Waals surface area (Å²) < 4.78 is 13.2. The molecular formula is C26H25Cl2FN2O4S. The Bertz CT molecular complexity index is 1250. The minimum absolute atomic E-state index is 0.119. The van der Waals surface area contributed by atoms with Gasteiger partial charge in [-0.15, -0.1) is 11.3 Å². The van der Waals surface area contributed by atoms with Gasteiger partial charge in [0.05, 0.1) is 12.6 Å². The predicted octanol–water partition coefficient (Wildman–Crippen LogP) is 4.49. The molecule has 3 aromatic rings. The average Bonchev–Trinajstić information content (AvgIpc) is 3.52. The molecule has 0 spiro atoms. The molecule has 1 aliphatic heterocycles. The Kier molecular flexibility index (Phi) is 8.64. The number of hydrogen-bond acceptors (Lipinski definition) is 5. The summed E-state index contributed by atoms with van der Waals surface area (Å²) in [5.41, 5.74) is 2.56. The molecule has 2 aromatic carbocycles. The van der Waals surface area contributed by atoms with Crippen molar-refractivity contribution in [3.63, 3.8) is 0 Å². The third kappa shape index (κ3) is 6.25. The molecule has 2 heterocycles. The molecule has 1 fully saturated rings. The maximum Gasteiger partial charge on any atom is 0.255 e. The molecule has 1 aromatic heterocycles. The highest BCUT2D eigenvalue weighted by molar-refractivity contribution is 7.10. The Hall–Kier alpha value is -2.49. The van der Waals surface area contributed by atoms with Crippen LogP contribution in [-0.4, -0.2) is 45.7 Å². The van der Waals surface area contributed by atoms with Crippen molar-refractivity contribution in [2.75, 3.05) is 6.54 Å². The first-order valence-electron chi connectivity index (χ1n) is 11.4. The lowest BCUT2D eigenvalue weighted by Gasteiger charge is -2.28. The predicted molar refractivity (Wildman–Crippen MR) is 138 cm³/mol. The van der Waals surface area contributed by atoms with Crippen LogP contribution < -0.4 is 5.32 Å². The van der Waals surface area contributed by atoms with Crippen LogP contribution in [0.4, 0.5) is 4.39 Å². The van der Waals surface area contributed by atoms with E-state index in [-0.39, 0.29) is 12.6 Å². The number of rotatable bonds is 8. The fourth-order valence-electron chi connectivity index (χ4n) is 4.31. The maximum atomic E-state index is 13.2. The van der Waals surface area contributed by atoms with Crippen LogP contribution in [0.15, 0.2) is 53.9 Å². The molecule has 2 amide bonds. The number of likely N-dealkylation sites (tertiary alicyclic amines) is 1. The minimum atomic E-state index is -1.91. The van der Waals surface area contributed by atoms with Crippen molar-refractivity contribution >= 4 is 46.4 Å². The fraction of sp³-hybridized carbons (Fsp3) is 0.308. The van der Waals surface area contributed by atoms with Crippen LogP contribution in [0.25, 0.3) is 0 Å². The van der Waals surface area contributed by atoms with Gasteiger partial charge in [0.25, 0.3) is 11.8 Å². The molecule has 3 N–H and O–H groups in total. The molecule has 6 nitrogen and oxygen atoms in total. The maximum absolute atomic E-state index is 13.2. The Morgan fingerprint density at radius 1 is 1.14 bits per heavy atom. The molecule has 4 rings (SSSR count). The molecule has 3 atom stereocenters. The highest BCUT2D eigenvalue weighted by Gasteiger charge is 2.38. The molecular weight excluding hydrogens is 526 g/mol. The lowest BCUT2D eigenvalue weighted by atomic mass is 10.0. The molecule has 0 saturated carbocycles. The van der Waals surface area contributed by atoms with E-state index in [1.165, 1.54) is 28.4 Å². The summed E-state index contributed by atoms with van der Waals surface area (Å²) in [6.07, 6.45) is -1.85. The average molecular weight is 551 g/mol. The first-order valence-corrected chi connectivity index (χ1v) is 13.1. The van der Waals surface area contributed by atoms with Crippen molar-refractivity contribution in [1.29, 1.82) is 0 Å². The van der Waals surface area contributed by atoms with Gasteiger partial charge in [-0.2, -0.15) is 0 Å². The third-order valence-electron chi connectivity index (χ3n) is 6.14. The molecule has 190 valence electrons. The van der Waals surface area contributed by atoms with Gasteiger partial charge in [-0.05, 0) is 71.7 Å². The molecule has 1 saturated heterocycles. The van der Waals surface area contributed by atoms with E-state index in [4.69, 9.17) is 23.2 Å². The largest absolute Gasteiger partial charge is 0.380 e. The molecule has 0 aliphatic carbocycles. The van der Waals surface area contributed by atoms with Gasteiger partial charge in [0, 0.05) is 21.5 Å². The smallest absolute Gasteiger partial charge is 0.255 e. The fourth-order valence-corrected chi connectivity index (χ4v) is 5.58. The third-order valence-corrected chi connectivity index (χ3v) is 7.72. The molecule has 1 aliphatic rings. The van der Waals surface area contributed by atoms with Crippen LogP contribution in [0.1, 0.15) is 40.5 Å². The monoisotopic (exact) mass is 550 g/mol. The van der Waals surface area contributed by atoms with E-state index in [1.807, 2.05) is 17.5 Å². The highest BCUT2D eigenvalue weighted by atomic mass is 35.5. The first-order chi connectivity index (χ1) is 17.2. The number of nitrogens with one attached hydrogen (secondary N) is 1. The Morgan fingerprint density at radius 3 is 2.69 bits per heavy atom. The van der Waals surface area contributed by atoms with E-state index < -0.39 is 29.8 Å². The van der Waals surface area contributed by atoms with E-state index in [9.17, 15) is 24.2 Å². The Balaban J connectivity index is 1.32. The van der Waals surface area contributed by atoms with Crippen molar-refractivity contribution in [1.82, 2.24) is 10.2 Å². The second-order valence-electron chi connectivity index (χ2n) is 8.69. The van der Waals surface area contributed by atoms with Crippen LogP contribution >= 0.6 is 34.5 Å². The van der Waals surface area contributed by atoms with Crippen molar-refractivity contribution in [3.8, 4) is 0 Å². The van der Waals surface area contributed by atoms with Gasteiger partial charge >= 0.3 is 0 Å². The van der Waals surface area contributed by atoms with Crippen molar-refractivity contribution in [2.24, 2.45) is 0 Å². The summed E-state index contributed by atoms with van der Waals surface area (Å²) in [5.74, 6) is -1.94. The van der Waals surface area contributed by atoms with Gasteiger partial charge in [-0.1, -0.05) is 41.4 Å². The number of aliphatic hydroxyl groups is 2. The van der Waals surface area contributed by atoms with E-state index in [0.29, 0.717) is 29.4 Å². The molecule has 0 radical (unpaired) electrons. The quantitative estimate of drug-likeness (QED) is 0.385. The number of carbonyl (C=O) groups excluding carboxylic acids is 2. The summed E-state index contributed by atoms with van der Waals surface area (Å²) in [6, 6.07) is 13.0. The summed E-state index contributed by atoms with van der Waals surface area (Å²) in [4.78, 5) is 27.7. The lowest BCUT2D eigenvalue weighted by Crippen LogP contribution is -2.50. The number of thiophene rings is 1. The van der Waals surface area contributed by atoms with Crippen LogP contribution in [0, 0.1) is 5.82 Å². The highest BCUT2D eigenvalue weighted by Crippen LogP contribution is 2.33. The van der Waals surface area contributed by atoms with Crippen molar-refractivity contribution in [3.05, 3.63) is 91.3 Å². The topological polar surface area (TPSA) is 89.9 Å². The molecule has 36 heavy (non-hydrogen) atoms. The summed E-state index contributed by atoms with van der Waals surface area (Å²) in [5, 5.41) is 26.2. The lowest BCUT2D eigenvalue weighted by molar-refractivity contribution is -0.153. The van der Waals surface area contributed by atoms with E-state index in [0.717, 1.165) is 28.0 Å². The second kappa shape index (κ2) is 11.7. The number of halogens is 3. The summed E-state index contributed by atoms with van der Waals surface area (Å²) >= 11 is 13.6. The number of nitrogens with zero attached hydrogens (tertiary/aromatic N) is 1. The summed E-state index contributed by atoms with van der Waals surface area (Å²) in [6.45, 7) is 0.533. The van der Waals surface area contributed by atoms with Crippen molar-refractivity contribution in [2.45, 2.75) is 44.1 Å². The summed E-state index contributed by atoms with van der Waals surface area (Å²) in [7, 11) is 0. The zero-order valence-corrected chi connectivity index (χ0v) is 21.5. The number of amides is 2. The zero-order valence-electron chi connectivity index (χ0n) is 19.2. The van der Waals surface area contributed by atoms with Gasteiger partial charge in [-0.3, -0.25) is 9.59 Å². The van der Waals surface area contributed by atoms with Gasteiger partial charge < -0.3 is 20.4 Å². The van der Waals surface area contributed by atoms with Crippen LogP contribution in [0.5, 0.6) is 0 Å². The van der Waals surface area contributed by atoms with E-state index >= 15 is 0 Å². The standard InChI is InChI=1S/C26H25Cl2FN2O4S/c27-18-4-1-3-17(11-18)22-5-2-8-31(22)26(35)24(33)23(32)25(34)30-13-20-10-15(14-36-20)9-16-6-7-19(29)12-21(16)28/h1,3-4,6-7,10-12,14,22-24,32-33H,2,5,8-9,13H2,(H,30,34)/t22?,23-,24-/m1/s1. The normalized spacial score (nSPS) is 17.1. The number of benzene rings is 2. The second-order valence-corrected chi connectivity index (χ2v) is 10.5. The van der Waals surface area contributed by atoms with Gasteiger partial charge in [-0.25, -0.2) is 4.39 Å². The first kappa shape index (κ1) is 26.6. The number of carbonyl (C=O) groups is 2. The Morgan fingerprint density at radius 2 is 1.94 bits per heavy atom.